The Hall–Kier alpha value is -0.300. The maximum absolute atomic E-state index is 6.07. The summed E-state index contributed by atoms with van der Waals surface area (Å²) in [5, 5.41) is 0. The van der Waals surface area contributed by atoms with Crippen molar-refractivity contribution in [2.24, 2.45) is 68.5 Å². The van der Waals surface area contributed by atoms with Gasteiger partial charge in [-0.1, -0.05) is 67.5 Å². The van der Waals surface area contributed by atoms with Gasteiger partial charge < -0.3 is 4.74 Å². The van der Waals surface area contributed by atoms with Crippen molar-refractivity contribution in [2.45, 2.75) is 133 Å². The zero-order chi connectivity index (χ0) is 26.5. The van der Waals surface area contributed by atoms with Crippen molar-refractivity contribution in [3.8, 4) is 0 Å². The van der Waals surface area contributed by atoms with Crippen molar-refractivity contribution in [1.82, 2.24) is 0 Å². The smallest absolute Gasteiger partial charge is 0.0625 e. The molecule has 0 aromatic rings. The predicted molar refractivity (Wildman–Crippen MR) is 154 cm³/mol. The average Bonchev–Trinajstić information content (AvgIpc) is 3.38. The summed E-state index contributed by atoms with van der Waals surface area (Å²) in [5.74, 6) is 5.69. The molecule has 0 aromatic heterocycles. The van der Waals surface area contributed by atoms with Gasteiger partial charge in [0.05, 0.1) is 6.10 Å². The van der Waals surface area contributed by atoms with Crippen LogP contribution in [0.25, 0.3) is 0 Å². The lowest BCUT2D eigenvalue weighted by Crippen LogP contribution is -2.57. The Morgan fingerprint density at radius 2 is 1.47 bits per heavy atom. The molecular weight excluding hydrogens is 436 g/mol. The highest BCUT2D eigenvalue weighted by molar-refractivity contribution is 5.30. The molecule has 2 unspecified atom stereocenters. The van der Waals surface area contributed by atoms with Gasteiger partial charge in [0.15, 0.2) is 0 Å². The van der Waals surface area contributed by atoms with Gasteiger partial charge in [-0.3, -0.25) is 0 Å². The number of allylic oxidation sites excluding steroid dienone is 1. The standard InChI is InChI=1S/C35H60O/c1-22(2)25(6)26(23(3)4)20-24(5)27-14-16-33(10)29-13-12-28-31(7,8)30(36-11)15-17-34(28)21-35(29,34)19-18-32(27,33)9/h23-30H,1,12-21H2,2-11H3/t24-,25?,26?,27-,28+,29+,30+,32-,33+,34-,35+/m1/s1. The molecule has 206 valence electrons. The molecule has 0 bridgehead atoms. The van der Waals surface area contributed by atoms with E-state index < -0.39 is 0 Å². The summed E-state index contributed by atoms with van der Waals surface area (Å²) >= 11 is 0. The van der Waals surface area contributed by atoms with Crippen molar-refractivity contribution in [2.75, 3.05) is 7.11 Å². The molecule has 5 aliphatic carbocycles. The first-order valence-corrected chi connectivity index (χ1v) is 15.9. The predicted octanol–water partition coefficient (Wildman–Crippen LogP) is 9.95. The Kier molecular flexibility index (Phi) is 6.51. The van der Waals surface area contributed by atoms with E-state index in [2.05, 4.69) is 68.9 Å². The van der Waals surface area contributed by atoms with E-state index in [1.807, 2.05) is 7.11 Å². The van der Waals surface area contributed by atoms with Crippen LogP contribution in [0.15, 0.2) is 12.2 Å². The van der Waals surface area contributed by atoms with Crippen molar-refractivity contribution < 1.29 is 4.74 Å². The highest BCUT2D eigenvalue weighted by atomic mass is 16.5. The van der Waals surface area contributed by atoms with Crippen LogP contribution < -0.4 is 0 Å². The van der Waals surface area contributed by atoms with Crippen LogP contribution in [0.4, 0.5) is 0 Å². The van der Waals surface area contributed by atoms with Crippen molar-refractivity contribution >= 4 is 0 Å². The average molecular weight is 497 g/mol. The fraction of sp³-hybridized carbons (Fsp3) is 0.943. The van der Waals surface area contributed by atoms with E-state index in [1.165, 1.54) is 63.4 Å². The fourth-order valence-electron chi connectivity index (χ4n) is 12.7. The topological polar surface area (TPSA) is 9.23 Å². The summed E-state index contributed by atoms with van der Waals surface area (Å²) in [6.45, 7) is 27.3. The third-order valence-electron chi connectivity index (χ3n) is 15.0. The molecule has 0 aliphatic heterocycles. The molecule has 0 heterocycles. The maximum Gasteiger partial charge on any atom is 0.0625 e. The van der Waals surface area contributed by atoms with Gasteiger partial charge in [0.2, 0.25) is 0 Å². The molecule has 5 aliphatic rings. The summed E-state index contributed by atoms with van der Waals surface area (Å²) < 4.78 is 6.07. The molecule has 0 aromatic carbocycles. The van der Waals surface area contributed by atoms with Gasteiger partial charge in [0.25, 0.3) is 0 Å². The normalized spacial score (nSPS) is 49.3. The molecule has 5 saturated carbocycles. The Morgan fingerprint density at radius 3 is 2.08 bits per heavy atom. The van der Waals surface area contributed by atoms with Gasteiger partial charge in [0.1, 0.15) is 0 Å². The monoisotopic (exact) mass is 496 g/mol. The van der Waals surface area contributed by atoms with Gasteiger partial charge in [-0.05, 0) is 140 Å². The number of ether oxygens (including phenoxy) is 1. The molecule has 0 amide bonds. The van der Waals surface area contributed by atoms with E-state index in [1.54, 1.807) is 6.42 Å². The first-order valence-electron chi connectivity index (χ1n) is 15.9. The SMILES string of the molecule is C=C(C)C(C)C(C[C@@H](C)[C@H]1CC[C@@]2(C)[C@@H]3CC[C@H]4C(C)(C)[C@@H](OC)CC[C@@]45C[C@@]35CC[C@]12C)C(C)C. The fourth-order valence-corrected chi connectivity index (χ4v) is 12.7. The van der Waals surface area contributed by atoms with E-state index in [9.17, 15) is 0 Å². The van der Waals surface area contributed by atoms with Crippen LogP contribution in [-0.4, -0.2) is 13.2 Å². The van der Waals surface area contributed by atoms with Gasteiger partial charge in [-0.25, -0.2) is 0 Å². The lowest BCUT2D eigenvalue weighted by molar-refractivity contribution is -0.166. The molecule has 0 N–H and O–H groups in total. The lowest BCUT2D eigenvalue weighted by Gasteiger charge is -2.63. The quantitative estimate of drug-likeness (QED) is 0.319. The second kappa shape index (κ2) is 8.60. The van der Waals surface area contributed by atoms with Gasteiger partial charge >= 0.3 is 0 Å². The number of rotatable bonds is 7. The van der Waals surface area contributed by atoms with Crippen molar-refractivity contribution in [3.63, 3.8) is 0 Å². The second-order valence-corrected chi connectivity index (χ2v) is 16.5. The Labute approximate surface area is 225 Å². The van der Waals surface area contributed by atoms with Crippen LogP contribution in [0, 0.1) is 68.5 Å². The summed E-state index contributed by atoms with van der Waals surface area (Å²) in [6, 6.07) is 0. The maximum atomic E-state index is 6.07. The minimum atomic E-state index is 0.335. The first kappa shape index (κ1) is 27.3. The van der Waals surface area contributed by atoms with Crippen molar-refractivity contribution in [1.29, 1.82) is 0 Å². The van der Waals surface area contributed by atoms with Crippen LogP contribution in [0.5, 0.6) is 0 Å². The van der Waals surface area contributed by atoms with Gasteiger partial charge in [0, 0.05) is 7.11 Å². The highest BCUT2D eigenvalue weighted by Gasteiger charge is 2.82. The van der Waals surface area contributed by atoms with Crippen LogP contribution >= 0.6 is 0 Å². The van der Waals surface area contributed by atoms with Crippen LogP contribution in [0.2, 0.25) is 0 Å². The van der Waals surface area contributed by atoms with Crippen LogP contribution in [-0.2, 0) is 4.74 Å². The van der Waals surface area contributed by atoms with E-state index >= 15 is 0 Å². The molecule has 5 rings (SSSR count). The van der Waals surface area contributed by atoms with Crippen LogP contribution in [0.3, 0.4) is 0 Å². The molecule has 2 spiro atoms. The molecule has 11 atom stereocenters. The molecule has 36 heavy (non-hydrogen) atoms. The van der Waals surface area contributed by atoms with E-state index in [0.717, 1.165) is 35.5 Å². The Morgan fingerprint density at radius 1 is 0.833 bits per heavy atom. The third kappa shape index (κ3) is 3.35. The summed E-state index contributed by atoms with van der Waals surface area (Å²) in [6.07, 6.45) is 15.0. The Balaban J connectivity index is 1.39. The molecule has 1 heteroatoms. The van der Waals surface area contributed by atoms with Crippen LogP contribution in [0.1, 0.15) is 127 Å². The third-order valence-corrected chi connectivity index (χ3v) is 15.0. The largest absolute Gasteiger partial charge is 0.381 e. The summed E-state index contributed by atoms with van der Waals surface area (Å²) in [4.78, 5) is 0. The minimum absolute atomic E-state index is 0.335. The Bertz CT molecular complexity index is 870. The summed E-state index contributed by atoms with van der Waals surface area (Å²) in [7, 11) is 1.96. The second-order valence-electron chi connectivity index (χ2n) is 16.5. The van der Waals surface area contributed by atoms with Gasteiger partial charge in [-0.2, -0.15) is 0 Å². The molecule has 0 saturated heterocycles. The molecule has 1 nitrogen and oxygen atoms in total. The summed E-state index contributed by atoms with van der Waals surface area (Å²) in [5.41, 5.74) is 4.07. The number of hydrogen-bond acceptors (Lipinski definition) is 1. The van der Waals surface area contributed by atoms with E-state index in [4.69, 9.17) is 4.74 Å². The minimum Gasteiger partial charge on any atom is -0.381 e. The lowest BCUT2D eigenvalue weighted by atomic mass is 9.41. The highest BCUT2D eigenvalue weighted by Crippen LogP contribution is 2.89. The number of hydrogen-bond donors (Lipinski definition) is 0. The number of fused-ring (bicyclic) bond motifs is 2. The molecule has 0 radical (unpaired) electrons. The number of methoxy groups -OCH3 is 1. The van der Waals surface area contributed by atoms with E-state index in [-0.39, 0.29) is 0 Å². The van der Waals surface area contributed by atoms with E-state index in [0.29, 0.717) is 39.1 Å². The molecule has 5 fully saturated rings. The van der Waals surface area contributed by atoms with Crippen molar-refractivity contribution in [3.05, 3.63) is 12.2 Å². The van der Waals surface area contributed by atoms with Gasteiger partial charge in [-0.15, -0.1) is 0 Å². The zero-order valence-electron chi connectivity index (χ0n) is 25.8. The first-order chi connectivity index (χ1) is 16.7. The molecular formula is C35H60O. The zero-order valence-corrected chi connectivity index (χ0v) is 25.8.